The van der Waals surface area contributed by atoms with E-state index in [4.69, 9.17) is 9.47 Å². The fraction of sp³-hybridized carbons (Fsp3) is 0.364. The van der Waals surface area contributed by atoms with Crippen LogP contribution in [0.3, 0.4) is 0 Å². The van der Waals surface area contributed by atoms with Gasteiger partial charge < -0.3 is 9.47 Å². The first-order chi connectivity index (χ1) is 7.63. The van der Waals surface area contributed by atoms with E-state index in [1.54, 1.807) is 6.92 Å². The van der Waals surface area contributed by atoms with Crippen molar-refractivity contribution in [1.29, 1.82) is 0 Å². The van der Waals surface area contributed by atoms with E-state index < -0.39 is 11.8 Å². The molecule has 3 nitrogen and oxygen atoms in total. The molecule has 0 fully saturated rings. The topological polar surface area (TPSA) is 35.5 Å². The second-order valence-electron chi connectivity index (χ2n) is 3.00. The Bertz CT molecular complexity index is 393. The summed E-state index contributed by atoms with van der Waals surface area (Å²) >= 11 is 3.24. The molecular weight excluding hydrogens is 279 g/mol. The summed E-state index contributed by atoms with van der Waals surface area (Å²) in [7, 11) is 1.45. The van der Waals surface area contributed by atoms with Gasteiger partial charge in [-0.1, -0.05) is 15.9 Å². The SMILES string of the molecule is CCOC(=O)c1cc(CBr)c(OC)cc1F. The fourth-order valence-electron chi connectivity index (χ4n) is 1.26. The summed E-state index contributed by atoms with van der Waals surface area (Å²) in [5, 5.41) is 0.475. The van der Waals surface area contributed by atoms with Crippen molar-refractivity contribution in [2.75, 3.05) is 13.7 Å². The van der Waals surface area contributed by atoms with Crippen LogP contribution in [-0.2, 0) is 10.1 Å². The maximum absolute atomic E-state index is 13.5. The minimum atomic E-state index is -0.662. The molecule has 0 bridgehead atoms. The lowest BCUT2D eigenvalue weighted by molar-refractivity contribution is 0.0521. The molecular formula is C11H12BrFO3. The number of carbonyl (C=O) groups excluding carboxylic acids is 1. The normalized spacial score (nSPS) is 10.0. The number of benzene rings is 1. The molecule has 0 unspecified atom stereocenters. The zero-order valence-corrected chi connectivity index (χ0v) is 10.6. The molecule has 0 saturated heterocycles. The van der Waals surface area contributed by atoms with Gasteiger partial charge in [0.05, 0.1) is 19.3 Å². The van der Waals surface area contributed by atoms with E-state index in [0.29, 0.717) is 16.6 Å². The number of methoxy groups -OCH3 is 1. The Hall–Kier alpha value is -1.10. The minimum Gasteiger partial charge on any atom is -0.496 e. The van der Waals surface area contributed by atoms with E-state index in [-0.39, 0.29) is 12.2 Å². The lowest BCUT2D eigenvalue weighted by Crippen LogP contribution is -2.08. The highest BCUT2D eigenvalue weighted by molar-refractivity contribution is 9.08. The van der Waals surface area contributed by atoms with Crippen molar-refractivity contribution in [3.05, 3.63) is 29.1 Å². The summed E-state index contributed by atoms with van der Waals surface area (Å²) in [6, 6.07) is 2.61. The maximum atomic E-state index is 13.5. The van der Waals surface area contributed by atoms with E-state index in [2.05, 4.69) is 15.9 Å². The first-order valence-electron chi connectivity index (χ1n) is 4.73. The molecule has 5 heteroatoms. The van der Waals surface area contributed by atoms with Gasteiger partial charge in [0.15, 0.2) is 0 Å². The Morgan fingerprint density at radius 1 is 1.50 bits per heavy atom. The highest BCUT2D eigenvalue weighted by Gasteiger charge is 2.16. The van der Waals surface area contributed by atoms with Crippen LogP contribution in [0.1, 0.15) is 22.8 Å². The molecule has 16 heavy (non-hydrogen) atoms. The van der Waals surface area contributed by atoms with E-state index in [0.717, 1.165) is 0 Å². The van der Waals surface area contributed by atoms with Crippen LogP contribution in [0.5, 0.6) is 5.75 Å². The predicted molar refractivity (Wildman–Crippen MR) is 61.5 cm³/mol. The van der Waals surface area contributed by atoms with Crippen LogP contribution in [-0.4, -0.2) is 19.7 Å². The molecule has 1 aromatic rings. The Balaban J connectivity index is 3.15. The van der Waals surface area contributed by atoms with E-state index in [1.165, 1.54) is 19.2 Å². The van der Waals surface area contributed by atoms with E-state index in [1.807, 2.05) is 0 Å². The van der Waals surface area contributed by atoms with Crippen LogP contribution < -0.4 is 4.74 Å². The molecule has 0 aliphatic carbocycles. The van der Waals surface area contributed by atoms with E-state index in [9.17, 15) is 9.18 Å². The molecule has 0 aliphatic rings. The Morgan fingerprint density at radius 3 is 2.69 bits per heavy atom. The van der Waals surface area contributed by atoms with Crippen molar-refractivity contribution < 1.29 is 18.7 Å². The van der Waals surface area contributed by atoms with Crippen molar-refractivity contribution in [2.45, 2.75) is 12.3 Å². The third-order valence-electron chi connectivity index (χ3n) is 2.01. The van der Waals surface area contributed by atoms with E-state index >= 15 is 0 Å². The molecule has 0 spiro atoms. The van der Waals surface area contributed by atoms with Gasteiger partial charge in [-0.05, 0) is 13.0 Å². The Morgan fingerprint density at radius 2 is 2.19 bits per heavy atom. The number of hydrogen-bond donors (Lipinski definition) is 0. The average Bonchev–Trinajstić information content (AvgIpc) is 2.28. The highest BCUT2D eigenvalue weighted by Crippen LogP contribution is 2.25. The summed E-state index contributed by atoms with van der Waals surface area (Å²) in [6.45, 7) is 1.89. The number of rotatable bonds is 4. The molecule has 0 aromatic heterocycles. The van der Waals surface area contributed by atoms with Crippen LogP contribution in [0.4, 0.5) is 4.39 Å². The average molecular weight is 291 g/mol. The van der Waals surface area contributed by atoms with Gasteiger partial charge in [0.25, 0.3) is 0 Å². The molecule has 0 atom stereocenters. The Labute approximate surface area is 102 Å². The van der Waals surface area contributed by atoms with Gasteiger partial charge >= 0.3 is 5.97 Å². The highest BCUT2D eigenvalue weighted by atomic mass is 79.9. The number of esters is 1. The number of halogens is 2. The monoisotopic (exact) mass is 290 g/mol. The largest absolute Gasteiger partial charge is 0.496 e. The molecule has 0 N–H and O–H groups in total. The Kier molecular flexibility index (Phi) is 4.73. The van der Waals surface area contributed by atoms with Crippen LogP contribution in [0, 0.1) is 5.82 Å². The van der Waals surface area contributed by atoms with Crippen LogP contribution in [0.15, 0.2) is 12.1 Å². The number of alkyl halides is 1. The van der Waals surface area contributed by atoms with Gasteiger partial charge in [0.2, 0.25) is 0 Å². The third kappa shape index (κ3) is 2.72. The van der Waals surface area contributed by atoms with Gasteiger partial charge in [-0.25, -0.2) is 9.18 Å². The van der Waals surface area contributed by atoms with Crippen molar-refractivity contribution >= 4 is 21.9 Å². The summed E-state index contributed by atoms with van der Waals surface area (Å²) < 4.78 is 23.3. The molecule has 0 amide bonds. The van der Waals surface area contributed by atoms with Crippen molar-refractivity contribution in [3.8, 4) is 5.75 Å². The quantitative estimate of drug-likeness (QED) is 0.632. The van der Waals surface area contributed by atoms with Gasteiger partial charge in [0.1, 0.15) is 11.6 Å². The van der Waals surface area contributed by atoms with Gasteiger partial charge in [-0.15, -0.1) is 0 Å². The molecule has 0 saturated carbocycles. The minimum absolute atomic E-state index is 0.0721. The first kappa shape index (κ1) is 13.0. The first-order valence-corrected chi connectivity index (χ1v) is 5.85. The van der Waals surface area contributed by atoms with Gasteiger partial charge in [-0.3, -0.25) is 0 Å². The summed E-state index contributed by atoms with van der Waals surface area (Å²) in [6.07, 6.45) is 0. The summed E-state index contributed by atoms with van der Waals surface area (Å²) in [5.41, 5.74) is 0.629. The van der Waals surface area contributed by atoms with Gasteiger partial charge in [0, 0.05) is 17.0 Å². The van der Waals surface area contributed by atoms with Crippen molar-refractivity contribution in [3.63, 3.8) is 0 Å². The summed E-state index contributed by atoms with van der Waals surface area (Å²) in [5.74, 6) is -0.896. The predicted octanol–water partition coefficient (Wildman–Crippen LogP) is 2.91. The number of hydrogen-bond acceptors (Lipinski definition) is 3. The molecule has 1 aromatic carbocycles. The van der Waals surface area contributed by atoms with Crippen molar-refractivity contribution in [2.24, 2.45) is 0 Å². The summed E-state index contributed by atoms with van der Waals surface area (Å²) in [4.78, 5) is 11.4. The van der Waals surface area contributed by atoms with Gasteiger partial charge in [-0.2, -0.15) is 0 Å². The van der Waals surface area contributed by atoms with Crippen molar-refractivity contribution in [1.82, 2.24) is 0 Å². The lowest BCUT2D eigenvalue weighted by Gasteiger charge is -2.09. The molecule has 0 aliphatic heterocycles. The zero-order chi connectivity index (χ0) is 12.1. The second-order valence-corrected chi connectivity index (χ2v) is 3.56. The zero-order valence-electron chi connectivity index (χ0n) is 9.05. The molecule has 0 radical (unpaired) electrons. The maximum Gasteiger partial charge on any atom is 0.341 e. The van der Waals surface area contributed by atoms with Crippen LogP contribution >= 0.6 is 15.9 Å². The van der Waals surface area contributed by atoms with Crippen LogP contribution in [0.25, 0.3) is 0 Å². The molecule has 1 rings (SSSR count). The molecule has 0 heterocycles. The fourth-order valence-corrected chi connectivity index (χ4v) is 1.70. The lowest BCUT2D eigenvalue weighted by atomic mass is 10.1. The smallest absolute Gasteiger partial charge is 0.341 e. The number of carbonyl (C=O) groups is 1. The second kappa shape index (κ2) is 5.84. The standard InChI is InChI=1S/C11H12BrFO3/c1-3-16-11(14)8-4-7(6-12)10(15-2)5-9(8)13/h4-5H,3,6H2,1-2H3. The number of ether oxygens (including phenoxy) is 2. The molecule has 88 valence electrons. The third-order valence-corrected chi connectivity index (χ3v) is 2.61. The van der Waals surface area contributed by atoms with Crippen LogP contribution in [0.2, 0.25) is 0 Å².